The minimum atomic E-state index is 0.0535. The van der Waals surface area contributed by atoms with Crippen LogP contribution in [0.5, 0.6) is 5.75 Å². The number of aromatic amines is 1. The lowest BCUT2D eigenvalue weighted by molar-refractivity contribution is 0.101. The highest BCUT2D eigenvalue weighted by Crippen LogP contribution is 2.31. The molecule has 1 N–H and O–H groups in total. The Balaban J connectivity index is 2.82. The zero-order valence-corrected chi connectivity index (χ0v) is 9.76. The fourth-order valence-corrected chi connectivity index (χ4v) is 2.02. The largest absolute Gasteiger partial charge is 0.496 e. The average molecular weight is 217 g/mol. The van der Waals surface area contributed by atoms with Crippen molar-refractivity contribution < 1.29 is 9.53 Å². The van der Waals surface area contributed by atoms with Crippen LogP contribution in [0.3, 0.4) is 0 Å². The molecular weight excluding hydrogens is 202 g/mol. The number of H-pyrrole nitrogens is 1. The molecule has 1 aromatic carbocycles. The highest BCUT2D eigenvalue weighted by atomic mass is 16.5. The van der Waals surface area contributed by atoms with Crippen LogP contribution in [0, 0.1) is 0 Å². The molecule has 0 aliphatic heterocycles. The molecule has 0 fully saturated rings. The maximum absolute atomic E-state index is 11.5. The summed E-state index contributed by atoms with van der Waals surface area (Å²) in [6.45, 7) is 3.66. The molecule has 0 aliphatic rings. The molecule has 16 heavy (non-hydrogen) atoms. The van der Waals surface area contributed by atoms with Crippen molar-refractivity contribution in [2.24, 2.45) is 0 Å². The Labute approximate surface area is 94.4 Å². The van der Waals surface area contributed by atoms with Gasteiger partial charge >= 0.3 is 0 Å². The molecule has 1 aromatic heterocycles. The van der Waals surface area contributed by atoms with Crippen LogP contribution < -0.4 is 4.74 Å². The summed E-state index contributed by atoms with van der Waals surface area (Å²) in [5.74, 6) is 0.802. The first-order chi connectivity index (χ1) is 7.69. The highest BCUT2D eigenvalue weighted by Gasteiger charge is 2.14. The van der Waals surface area contributed by atoms with Gasteiger partial charge in [-0.3, -0.25) is 4.79 Å². The molecule has 0 aliphatic carbocycles. The zero-order chi connectivity index (χ0) is 11.7. The third-order valence-electron chi connectivity index (χ3n) is 2.86. The van der Waals surface area contributed by atoms with Gasteiger partial charge in [-0.05, 0) is 25.0 Å². The first-order valence-electron chi connectivity index (χ1n) is 5.37. The van der Waals surface area contributed by atoms with Crippen molar-refractivity contribution >= 4 is 16.7 Å². The van der Waals surface area contributed by atoms with Gasteiger partial charge in [0, 0.05) is 11.8 Å². The van der Waals surface area contributed by atoms with Crippen LogP contribution >= 0.6 is 0 Å². The normalized spacial score (nSPS) is 10.7. The number of ketones is 1. The Morgan fingerprint density at radius 1 is 1.44 bits per heavy atom. The molecule has 84 valence electrons. The summed E-state index contributed by atoms with van der Waals surface area (Å²) in [6, 6.07) is 3.95. The molecule has 3 heteroatoms. The van der Waals surface area contributed by atoms with Crippen LogP contribution in [0.15, 0.2) is 18.3 Å². The third kappa shape index (κ3) is 1.48. The van der Waals surface area contributed by atoms with Gasteiger partial charge in [0.1, 0.15) is 5.75 Å². The summed E-state index contributed by atoms with van der Waals surface area (Å²) < 4.78 is 5.30. The van der Waals surface area contributed by atoms with Gasteiger partial charge in [-0.25, -0.2) is 0 Å². The first-order valence-corrected chi connectivity index (χ1v) is 5.37. The summed E-state index contributed by atoms with van der Waals surface area (Å²) in [5, 5.41) is 0.898. The van der Waals surface area contributed by atoms with E-state index in [1.807, 2.05) is 12.1 Å². The number of carbonyl (C=O) groups excluding carboxylic acids is 1. The lowest BCUT2D eigenvalue weighted by Gasteiger charge is -2.06. The molecular formula is C13H15NO2. The Hall–Kier alpha value is -1.77. The molecule has 3 nitrogen and oxygen atoms in total. The number of carbonyl (C=O) groups is 1. The van der Waals surface area contributed by atoms with Gasteiger partial charge in [0.25, 0.3) is 0 Å². The van der Waals surface area contributed by atoms with Gasteiger partial charge in [0.2, 0.25) is 0 Å². The van der Waals surface area contributed by atoms with Gasteiger partial charge < -0.3 is 9.72 Å². The summed E-state index contributed by atoms with van der Waals surface area (Å²) in [7, 11) is 1.62. The summed E-state index contributed by atoms with van der Waals surface area (Å²) >= 11 is 0. The molecule has 0 bridgehead atoms. The molecule has 1 heterocycles. The van der Waals surface area contributed by atoms with Crippen LogP contribution in [0.1, 0.15) is 29.8 Å². The predicted octanol–water partition coefficient (Wildman–Crippen LogP) is 2.94. The maximum atomic E-state index is 11.5. The average Bonchev–Trinajstić information content (AvgIpc) is 2.72. The number of methoxy groups -OCH3 is 1. The van der Waals surface area contributed by atoms with E-state index >= 15 is 0 Å². The third-order valence-corrected chi connectivity index (χ3v) is 2.86. The number of nitrogens with one attached hydrogen (secondary N) is 1. The van der Waals surface area contributed by atoms with E-state index in [0.717, 1.165) is 23.1 Å². The number of fused-ring (bicyclic) bond motifs is 1. The minimum absolute atomic E-state index is 0.0535. The number of aryl methyl sites for hydroxylation is 1. The van der Waals surface area contributed by atoms with Crippen LogP contribution in [-0.2, 0) is 6.42 Å². The molecule has 0 saturated carbocycles. The number of benzene rings is 1. The molecule has 0 radical (unpaired) electrons. The monoisotopic (exact) mass is 217 g/mol. The number of aromatic nitrogens is 1. The second-order valence-electron chi connectivity index (χ2n) is 3.79. The molecule has 2 aromatic rings. The van der Waals surface area contributed by atoms with E-state index in [-0.39, 0.29) is 5.78 Å². The molecule has 0 unspecified atom stereocenters. The molecule has 0 atom stereocenters. The standard InChI is InChI=1S/C13H15NO2/c1-4-9-5-6-11(16-3)12-10(8(2)15)7-14-13(9)12/h5-7,14H,4H2,1-3H3. The van der Waals surface area contributed by atoms with Crippen LogP contribution in [0.2, 0.25) is 0 Å². The van der Waals surface area contributed by atoms with Gasteiger partial charge in [-0.2, -0.15) is 0 Å². The fourth-order valence-electron chi connectivity index (χ4n) is 2.02. The second kappa shape index (κ2) is 4.00. The van der Waals surface area contributed by atoms with Crippen molar-refractivity contribution in [3.05, 3.63) is 29.5 Å². The van der Waals surface area contributed by atoms with Crippen molar-refractivity contribution in [3.63, 3.8) is 0 Å². The van der Waals surface area contributed by atoms with Crippen molar-refractivity contribution in [1.29, 1.82) is 0 Å². The van der Waals surface area contributed by atoms with Gasteiger partial charge in [0.15, 0.2) is 5.78 Å². The van der Waals surface area contributed by atoms with Crippen molar-refractivity contribution in [3.8, 4) is 5.75 Å². The zero-order valence-electron chi connectivity index (χ0n) is 9.76. The van der Waals surface area contributed by atoms with Crippen molar-refractivity contribution in [2.45, 2.75) is 20.3 Å². The van der Waals surface area contributed by atoms with Crippen LogP contribution in [0.25, 0.3) is 10.9 Å². The van der Waals surface area contributed by atoms with E-state index in [9.17, 15) is 4.79 Å². The first kappa shape index (κ1) is 10.7. The second-order valence-corrected chi connectivity index (χ2v) is 3.79. The quantitative estimate of drug-likeness (QED) is 0.803. The van der Waals surface area contributed by atoms with Crippen molar-refractivity contribution in [2.75, 3.05) is 7.11 Å². The van der Waals surface area contributed by atoms with E-state index < -0.39 is 0 Å². The Bertz CT molecular complexity index is 540. The van der Waals surface area contributed by atoms with Gasteiger partial charge in [0.05, 0.1) is 18.0 Å². The number of ether oxygens (including phenoxy) is 1. The number of hydrogen-bond donors (Lipinski definition) is 1. The fraction of sp³-hybridized carbons (Fsp3) is 0.308. The maximum Gasteiger partial charge on any atom is 0.162 e. The van der Waals surface area contributed by atoms with Crippen LogP contribution in [0.4, 0.5) is 0 Å². The summed E-state index contributed by atoms with van der Waals surface area (Å²) in [6.07, 6.45) is 2.69. The highest BCUT2D eigenvalue weighted by molar-refractivity contribution is 6.09. The number of rotatable bonds is 3. The van der Waals surface area contributed by atoms with Gasteiger partial charge in [-0.1, -0.05) is 13.0 Å². The van der Waals surface area contributed by atoms with E-state index in [1.165, 1.54) is 5.56 Å². The topological polar surface area (TPSA) is 42.1 Å². The number of hydrogen-bond acceptors (Lipinski definition) is 2. The van der Waals surface area contributed by atoms with E-state index in [0.29, 0.717) is 5.56 Å². The van der Waals surface area contributed by atoms with E-state index in [1.54, 1.807) is 20.2 Å². The summed E-state index contributed by atoms with van der Waals surface area (Å²) in [5.41, 5.74) is 2.90. The smallest absolute Gasteiger partial charge is 0.162 e. The number of Topliss-reactive ketones (excluding diaryl/α,β-unsaturated/α-hetero) is 1. The molecule has 0 spiro atoms. The lowest BCUT2D eigenvalue weighted by atomic mass is 10.0. The SMILES string of the molecule is CCc1ccc(OC)c2c(C(C)=O)c[nH]c12. The Kier molecular flexibility index (Phi) is 2.69. The van der Waals surface area contributed by atoms with Crippen LogP contribution in [-0.4, -0.2) is 17.9 Å². The molecule has 0 amide bonds. The van der Waals surface area contributed by atoms with Crippen molar-refractivity contribution in [1.82, 2.24) is 4.98 Å². The molecule has 2 rings (SSSR count). The van der Waals surface area contributed by atoms with E-state index in [2.05, 4.69) is 11.9 Å². The van der Waals surface area contributed by atoms with E-state index in [4.69, 9.17) is 4.74 Å². The Morgan fingerprint density at radius 2 is 2.19 bits per heavy atom. The summed E-state index contributed by atoms with van der Waals surface area (Å²) in [4.78, 5) is 14.7. The predicted molar refractivity (Wildman–Crippen MR) is 64.2 cm³/mol. The lowest BCUT2D eigenvalue weighted by Crippen LogP contribution is -1.93. The molecule has 0 saturated heterocycles. The Morgan fingerprint density at radius 3 is 2.75 bits per heavy atom. The van der Waals surface area contributed by atoms with Gasteiger partial charge in [-0.15, -0.1) is 0 Å². The minimum Gasteiger partial charge on any atom is -0.496 e.